The number of hydrogen-bond acceptors (Lipinski definition) is 8. The molecule has 0 fully saturated rings. The van der Waals surface area contributed by atoms with Crippen LogP contribution in [-0.2, 0) is 15.8 Å². The molecule has 1 aliphatic rings. The topological polar surface area (TPSA) is 157 Å². The minimum Gasteiger partial charge on any atom is -0.490 e. The first-order valence-corrected chi connectivity index (χ1v) is 14.3. The summed E-state index contributed by atoms with van der Waals surface area (Å²) < 4.78 is 69.3. The van der Waals surface area contributed by atoms with E-state index in [1.54, 1.807) is 12.1 Å². The average Bonchev–Trinajstić information content (AvgIpc) is 3.40. The van der Waals surface area contributed by atoms with Crippen molar-refractivity contribution in [1.82, 2.24) is 15.3 Å². The van der Waals surface area contributed by atoms with Gasteiger partial charge in [-0.25, -0.2) is 9.37 Å². The number of ether oxygens (including phenoxy) is 2. The molecule has 0 spiro atoms. The first-order valence-electron chi connectivity index (χ1n) is 14.3. The lowest BCUT2D eigenvalue weighted by Crippen LogP contribution is -2.51. The highest BCUT2D eigenvalue weighted by atomic mass is 19.4. The Balaban J connectivity index is 1.54. The Morgan fingerprint density at radius 3 is 2.47 bits per heavy atom. The number of nitrogens with two attached hydrogens (primary N) is 1. The number of carbonyl (C=O) groups is 2. The van der Waals surface area contributed by atoms with Gasteiger partial charge in [-0.3, -0.25) is 14.6 Å². The fourth-order valence-electron chi connectivity index (χ4n) is 5.00. The van der Waals surface area contributed by atoms with Gasteiger partial charge in [0.25, 0.3) is 5.91 Å². The number of rotatable bonds is 10. The molecule has 0 saturated carbocycles. The van der Waals surface area contributed by atoms with Crippen molar-refractivity contribution in [2.45, 2.75) is 37.1 Å². The summed E-state index contributed by atoms with van der Waals surface area (Å²) in [6.07, 6.45) is -3.16. The van der Waals surface area contributed by atoms with Gasteiger partial charge in [-0.15, -0.1) is 0 Å². The van der Waals surface area contributed by atoms with Crippen molar-refractivity contribution in [2.24, 2.45) is 5.73 Å². The zero-order chi connectivity index (χ0) is 34.1. The van der Waals surface area contributed by atoms with E-state index >= 15 is 0 Å². The van der Waals surface area contributed by atoms with Gasteiger partial charge in [0.15, 0.2) is 0 Å². The highest BCUT2D eigenvalue weighted by Crippen LogP contribution is 2.47. The Morgan fingerprint density at radius 1 is 1.13 bits per heavy atom. The van der Waals surface area contributed by atoms with Crippen molar-refractivity contribution in [1.29, 1.82) is 0 Å². The highest BCUT2D eigenvalue weighted by molar-refractivity contribution is 5.96. The Hall–Kier alpha value is -5.08. The third-order valence-corrected chi connectivity index (χ3v) is 7.83. The molecule has 0 radical (unpaired) electrons. The summed E-state index contributed by atoms with van der Waals surface area (Å²) in [4.78, 5) is 33.9. The molecule has 47 heavy (non-hydrogen) atoms. The van der Waals surface area contributed by atoms with E-state index in [2.05, 4.69) is 15.3 Å². The first-order chi connectivity index (χ1) is 22.1. The van der Waals surface area contributed by atoms with Crippen molar-refractivity contribution < 1.29 is 46.8 Å². The number of amides is 2. The molecule has 4 aromatic rings. The number of pyridine rings is 2. The van der Waals surface area contributed by atoms with Gasteiger partial charge in [0, 0.05) is 40.2 Å². The number of aliphatic hydroxyl groups is 2. The van der Waals surface area contributed by atoms with Crippen LogP contribution < -0.4 is 20.5 Å². The van der Waals surface area contributed by atoms with Crippen molar-refractivity contribution in [3.8, 4) is 33.9 Å². The summed E-state index contributed by atoms with van der Waals surface area (Å²) in [5, 5.41) is 23.1. The number of benzene rings is 2. The van der Waals surface area contributed by atoms with Crippen LogP contribution in [0.4, 0.5) is 17.6 Å². The average molecular weight is 655 g/mol. The molecule has 3 heterocycles. The summed E-state index contributed by atoms with van der Waals surface area (Å²) >= 11 is 0. The van der Waals surface area contributed by atoms with Crippen LogP contribution in [-0.4, -0.2) is 64.0 Å². The molecule has 0 bridgehead atoms. The second-order valence-electron chi connectivity index (χ2n) is 11.4. The van der Waals surface area contributed by atoms with E-state index in [-0.39, 0.29) is 47.1 Å². The molecule has 3 atom stereocenters. The fraction of sp³-hybridized carbons (Fsp3) is 0.273. The van der Waals surface area contributed by atoms with Gasteiger partial charge < -0.3 is 30.7 Å². The first kappa shape index (κ1) is 33.3. The van der Waals surface area contributed by atoms with Crippen molar-refractivity contribution in [3.05, 3.63) is 95.7 Å². The summed E-state index contributed by atoms with van der Waals surface area (Å²) in [6, 6.07) is 13.0. The van der Waals surface area contributed by atoms with Gasteiger partial charge in [0.1, 0.15) is 41.6 Å². The molecular weight excluding hydrogens is 624 g/mol. The molecule has 14 heteroatoms. The van der Waals surface area contributed by atoms with E-state index in [0.717, 1.165) is 18.2 Å². The molecule has 0 aliphatic carbocycles. The lowest BCUT2D eigenvalue weighted by molar-refractivity contribution is -0.265. The number of nitrogens with one attached hydrogen (secondary N) is 1. The second-order valence-corrected chi connectivity index (χ2v) is 11.4. The number of fused-ring (bicyclic) bond motifs is 1. The third-order valence-electron chi connectivity index (χ3n) is 7.83. The molecule has 10 nitrogen and oxygen atoms in total. The quantitative estimate of drug-likeness (QED) is 0.187. The molecular formula is C33H30F4N4O6. The number of halogens is 4. The normalized spacial score (nSPS) is 17.6. The number of nitrogens with zero attached hydrogens (tertiary/aromatic N) is 2. The van der Waals surface area contributed by atoms with Crippen LogP contribution >= 0.6 is 0 Å². The van der Waals surface area contributed by atoms with E-state index in [0.29, 0.717) is 11.1 Å². The van der Waals surface area contributed by atoms with Gasteiger partial charge in [-0.1, -0.05) is 6.07 Å². The van der Waals surface area contributed by atoms with Crippen LogP contribution in [0.25, 0.3) is 22.4 Å². The lowest BCUT2D eigenvalue weighted by atomic mass is 9.81. The molecule has 0 saturated heterocycles. The Bertz CT molecular complexity index is 1800. The van der Waals surface area contributed by atoms with Gasteiger partial charge in [0.2, 0.25) is 11.5 Å². The molecule has 2 aromatic carbocycles. The Labute approximate surface area is 266 Å². The van der Waals surface area contributed by atoms with Gasteiger partial charge in [0.05, 0.1) is 18.3 Å². The van der Waals surface area contributed by atoms with Crippen LogP contribution in [0.5, 0.6) is 11.5 Å². The molecule has 5 rings (SSSR count). The van der Waals surface area contributed by atoms with Gasteiger partial charge in [-0.2, -0.15) is 13.2 Å². The standard InChI is InChI=1S/C33H30F4N4O6/c1-18(42)15-46-25-10-7-20(12-23(25)21-4-3-11-39-14-21)29(43)40-16-32(45,33(35,36)37)26-13-24-28(47-17-31(24,2)30(38)44)27(41-26)19-5-8-22(34)9-6-19/h3-14,18,42,45H,15-17H2,1-2H3,(H2,38,44)(H,40,43)/t18-,31+,32?/m1/s1. The number of hydrogen-bond donors (Lipinski definition) is 4. The summed E-state index contributed by atoms with van der Waals surface area (Å²) in [5.74, 6) is -2.24. The van der Waals surface area contributed by atoms with E-state index in [1.807, 2.05) is 0 Å². The molecule has 2 amide bonds. The molecule has 2 aromatic heterocycles. The smallest absolute Gasteiger partial charge is 0.424 e. The number of carbonyl (C=O) groups excluding carboxylic acids is 2. The minimum atomic E-state index is -5.39. The number of alkyl halides is 3. The predicted octanol–water partition coefficient (Wildman–Crippen LogP) is 4.02. The van der Waals surface area contributed by atoms with Crippen molar-refractivity contribution >= 4 is 11.8 Å². The fourth-order valence-corrected chi connectivity index (χ4v) is 5.00. The largest absolute Gasteiger partial charge is 0.490 e. The summed E-state index contributed by atoms with van der Waals surface area (Å²) in [6.45, 7) is 1.15. The van der Waals surface area contributed by atoms with Gasteiger partial charge >= 0.3 is 6.18 Å². The summed E-state index contributed by atoms with van der Waals surface area (Å²) in [5.41, 5.74) is 0.0558. The van der Waals surface area contributed by atoms with Crippen LogP contribution in [0, 0.1) is 5.82 Å². The predicted molar refractivity (Wildman–Crippen MR) is 161 cm³/mol. The zero-order valence-electron chi connectivity index (χ0n) is 25.1. The molecule has 5 N–H and O–H groups in total. The Morgan fingerprint density at radius 2 is 1.85 bits per heavy atom. The van der Waals surface area contributed by atoms with Crippen molar-refractivity contribution in [2.75, 3.05) is 19.8 Å². The maximum absolute atomic E-state index is 14.8. The monoisotopic (exact) mass is 654 g/mol. The van der Waals surface area contributed by atoms with E-state index in [9.17, 15) is 37.4 Å². The SMILES string of the molecule is C[C@@H](O)COc1ccc(C(=O)NCC(O)(c2cc3c(c(-c4ccc(F)cc4)n2)OC[C@]3(C)C(N)=O)C(F)(F)F)cc1-c1cccnc1. The minimum absolute atomic E-state index is 0.0453. The second kappa shape index (κ2) is 12.6. The number of aromatic nitrogens is 2. The summed E-state index contributed by atoms with van der Waals surface area (Å²) in [7, 11) is 0. The van der Waals surface area contributed by atoms with Crippen molar-refractivity contribution in [3.63, 3.8) is 0 Å². The molecule has 1 aliphatic heterocycles. The molecule has 1 unspecified atom stereocenters. The van der Waals surface area contributed by atoms with E-state index in [4.69, 9.17) is 15.2 Å². The van der Waals surface area contributed by atoms with E-state index < -0.39 is 53.2 Å². The molecule has 246 valence electrons. The number of primary amides is 1. The van der Waals surface area contributed by atoms with Crippen LogP contribution in [0.1, 0.15) is 35.5 Å². The zero-order valence-corrected chi connectivity index (χ0v) is 25.1. The van der Waals surface area contributed by atoms with Crippen LogP contribution in [0.15, 0.2) is 73.1 Å². The highest BCUT2D eigenvalue weighted by Gasteiger charge is 2.57. The van der Waals surface area contributed by atoms with Gasteiger partial charge in [-0.05, 0) is 68.4 Å². The number of aliphatic hydroxyl groups excluding tert-OH is 1. The maximum atomic E-state index is 14.8. The Kier molecular flexibility index (Phi) is 8.93. The lowest BCUT2D eigenvalue weighted by Gasteiger charge is -2.31. The maximum Gasteiger partial charge on any atom is 0.424 e. The van der Waals surface area contributed by atoms with Crippen LogP contribution in [0.3, 0.4) is 0 Å². The third kappa shape index (κ3) is 6.46. The van der Waals surface area contributed by atoms with Crippen LogP contribution in [0.2, 0.25) is 0 Å². The van der Waals surface area contributed by atoms with E-state index in [1.165, 1.54) is 56.6 Å².